The maximum Gasteiger partial charge on any atom is 0.320 e. The molecule has 1 aromatic rings. The van der Waals surface area contributed by atoms with Gasteiger partial charge in [0.25, 0.3) is 0 Å². The molecule has 0 radical (unpaired) electrons. The number of methoxy groups -OCH3 is 2. The summed E-state index contributed by atoms with van der Waals surface area (Å²) in [6.07, 6.45) is 1.77. The molecule has 2 saturated heterocycles. The molecule has 0 spiro atoms. The van der Waals surface area contributed by atoms with Gasteiger partial charge in [-0.15, -0.1) is 0 Å². The second-order valence-electron chi connectivity index (χ2n) is 6.34. The summed E-state index contributed by atoms with van der Waals surface area (Å²) in [5.41, 5.74) is -0.398. The smallest absolute Gasteiger partial charge is 0.320 e. The Labute approximate surface area is 130 Å². The van der Waals surface area contributed by atoms with E-state index in [1.807, 2.05) is 37.3 Å². The minimum atomic E-state index is -1.39. The van der Waals surface area contributed by atoms with Crippen molar-refractivity contribution in [3.05, 3.63) is 35.9 Å². The number of ether oxygens (including phenoxy) is 4. The van der Waals surface area contributed by atoms with E-state index in [9.17, 15) is 4.79 Å². The van der Waals surface area contributed by atoms with Gasteiger partial charge in [0.2, 0.25) is 0 Å². The van der Waals surface area contributed by atoms with E-state index in [2.05, 4.69) is 0 Å². The zero-order valence-electron chi connectivity index (χ0n) is 13.3. The molecule has 1 aromatic carbocycles. The monoisotopic (exact) mass is 306 g/mol. The molecule has 0 amide bonds. The quantitative estimate of drug-likeness (QED) is 0.799. The summed E-state index contributed by atoms with van der Waals surface area (Å²) in [5.74, 6) is -1.75. The molecule has 0 aliphatic carbocycles. The predicted octanol–water partition coefficient (Wildman–Crippen LogP) is 2.29. The summed E-state index contributed by atoms with van der Waals surface area (Å²) < 4.78 is 22.7. The van der Waals surface area contributed by atoms with Crippen molar-refractivity contribution in [3.63, 3.8) is 0 Å². The molecule has 3 rings (SSSR count). The van der Waals surface area contributed by atoms with Gasteiger partial charge >= 0.3 is 11.9 Å². The van der Waals surface area contributed by atoms with Crippen LogP contribution in [0.1, 0.15) is 25.3 Å². The van der Waals surface area contributed by atoms with Crippen LogP contribution >= 0.6 is 0 Å². The zero-order valence-corrected chi connectivity index (χ0v) is 13.3. The van der Waals surface area contributed by atoms with E-state index in [0.29, 0.717) is 19.4 Å². The van der Waals surface area contributed by atoms with Gasteiger partial charge < -0.3 is 18.9 Å². The van der Waals surface area contributed by atoms with Gasteiger partial charge in [0.05, 0.1) is 19.3 Å². The van der Waals surface area contributed by atoms with E-state index in [-0.39, 0.29) is 5.97 Å². The first-order valence-electron chi connectivity index (χ1n) is 7.51. The van der Waals surface area contributed by atoms with Crippen LogP contribution in [0.15, 0.2) is 30.3 Å². The molecule has 2 aliphatic heterocycles. The van der Waals surface area contributed by atoms with Gasteiger partial charge in [-0.2, -0.15) is 0 Å². The van der Waals surface area contributed by atoms with E-state index < -0.39 is 17.0 Å². The third-order valence-corrected chi connectivity index (χ3v) is 4.81. The van der Waals surface area contributed by atoms with Crippen LogP contribution in [0.5, 0.6) is 0 Å². The molecular formula is C17H22O5. The second kappa shape index (κ2) is 5.33. The average Bonchev–Trinajstić information content (AvgIpc) is 2.85. The third kappa shape index (κ3) is 2.16. The Morgan fingerprint density at radius 2 is 1.95 bits per heavy atom. The van der Waals surface area contributed by atoms with Crippen molar-refractivity contribution in [2.45, 2.75) is 37.8 Å². The number of esters is 1. The van der Waals surface area contributed by atoms with Crippen molar-refractivity contribution in [2.24, 2.45) is 5.41 Å². The van der Waals surface area contributed by atoms with Crippen molar-refractivity contribution in [2.75, 3.05) is 20.8 Å². The van der Waals surface area contributed by atoms with Gasteiger partial charge in [-0.3, -0.25) is 4.79 Å². The maximum absolute atomic E-state index is 12.7. The van der Waals surface area contributed by atoms with Crippen LogP contribution in [-0.2, 0) is 30.2 Å². The summed E-state index contributed by atoms with van der Waals surface area (Å²) in [5, 5.41) is 0. The Hall–Kier alpha value is -1.43. The van der Waals surface area contributed by atoms with Gasteiger partial charge in [-0.05, 0) is 31.7 Å². The summed E-state index contributed by atoms with van der Waals surface area (Å²) >= 11 is 0. The third-order valence-electron chi connectivity index (χ3n) is 4.81. The minimum absolute atomic E-state index is 0.359. The Bertz CT molecular complexity index is 559. The molecule has 0 aromatic heterocycles. The number of hydrogen-bond acceptors (Lipinski definition) is 5. The van der Waals surface area contributed by atoms with Gasteiger partial charge in [-0.25, -0.2) is 0 Å². The summed E-state index contributed by atoms with van der Waals surface area (Å²) in [6.45, 7) is 2.39. The first-order valence-corrected chi connectivity index (χ1v) is 7.51. The number of carbonyl (C=O) groups excluding carboxylic acids is 1. The molecule has 2 heterocycles. The van der Waals surface area contributed by atoms with Crippen LogP contribution < -0.4 is 0 Å². The van der Waals surface area contributed by atoms with Crippen LogP contribution in [0.25, 0.3) is 0 Å². The highest BCUT2D eigenvalue weighted by molar-refractivity contribution is 5.78. The molecular weight excluding hydrogens is 284 g/mol. The van der Waals surface area contributed by atoms with Crippen LogP contribution in [0, 0.1) is 5.41 Å². The molecule has 5 nitrogen and oxygen atoms in total. The van der Waals surface area contributed by atoms with E-state index in [1.165, 1.54) is 14.2 Å². The first kappa shape index (κ1) is 15.5. The highest BCUT2D eigenvalue weighted by Crippen LogP contribution is 2.55. The molecule has 5 heteroatoms. The number of rotatable bonds is 4. The zero-order chi connectivity index (χ0) is 15.8. The minimum Gasteiger partial charge on any atom is -0.468 e. The first-order chi connectivity index (χ1) is 10.5. The largest absolute Gasteiger partial charge is 0.468 e. The van der Waals surface area contributed by atoms with Gasteiger partial charge in [0, 0.05) is 7.11 Å². The lowest BCUT2D eigenvalue weighted by Crippen LogP contribution is -2.60. The molecule has 0 N–H and O–H groups in total. The lowest BCUT2D eigenvalue weighted by molar-refractivity contribution is -0.398. The predicted molar refractivity (Wildman–Crippen MR) is 79.0 cm³/mol. The molecule has 3 atom stereocenters. The topological polar surface area (TPSA) is 54.0 Å². The average molecular weight is 306 g/mol. The van der Waals surface area contributed by atoms with Gasteiger partial charge in [0.15, 0.2) is 5.41 Å². The van der Waals surface area contributed by atoms with Crippen LogP contribution in [-0.4, -0.2) is 38.4 Å². The fraction of sp³-hybridized carbons (Fsp3) is 0.588. The Kier molecular flexibility index (Phi) is 3.75. The van der Waals surface area contributed by atoms with Crippen LogP contribution in [0.3, 0.4) is 0 Å². The molecule has 120 valence electrons. The normalized spacial score (nSPS) is 37.0. The Balaban J connectivity index is 2.04. The Morgan fingerprint density at radius 3 is 2.59 bits per heavy atom. The summed E-state index contributed by atoms with van der Waals surface area (Å²) in [7, 11) is 2.90. The van der Waals surface area contributed by atoms with Crippen molar-refractivity contribution < 1.29 is 23.7 Å². The van der Waals surface area contributed by atoms with Crippen LogP contribution in [0.4, 0.5) is 0 Å². The second-order valence-corrected chi connectivity index (χ2v) is 6.34. The number of fused-ring (bicyclic) bond motifs is 2. The molecule has 0 saturated carbocycles. The Morgan fingerprint density at radius 1 is 1.23 bits per heavy atom. The molecule has 2 aliphatic rings. The van der Waals surface area contributed by atoms with Crippen LogP contribution in [0.2, 0.25) is 0 Å². The fourth-order valence-electron chi connectivity index (χ4n) is 3.55. The number of benzene rings is 1. The van der Waals surface area contributed by atoms with Crippen molar-refractivity contribution in [1.29, 1.82) is 0 Å². The number of hydrogen-bond donors (Lipinski definition) is 0. The standard InChI is InChI=1S/C17H22O5/c1-15-9-10-16(14(18)19-2,11-13-7-5-4-6-8-13)17(20-3,22-15)21-12-15/h4-8H,9-12H2,1-3H3/t15-,16+,17-/m1/s1. The van der Waals surface area contributed by atoms with Gasteiger partial charge in [0.1, 0.15) is 0 Å². The van der Waals surface area contributed by atoms with E-state index in [0.717, 1.165) is 12.0 Å². The SMILES string of the molecule is COC(=O)[C@@]1(Cc2ccccc2)CC[C@]2(C)CO[C@@]1(OC)O2. The van der Waals surface area contributed by atoms with Crippen molar-refractivity contribution in [1.82, 2.24) is 0 Å². The summed E-state index contributed by atoms with van der Waals surface area (Å²) in [6, 6.07) is 9.81. The molecule has 22 heavy (non-hydrogen) atoms. The molecule has 2 fully saturated rings. The lowest BCUT2D eigenvalue weighted by Gasteiger charge is -2.47. The highest BCUT2D eigenvalue weighted by Gasteiger charge is 2.69. The lowest BCUT2D eigenvalue weighted by atomic mass is 9.72. The van der Waals surface area contributed by atoms with E-state index in [1.54, 1.807) is 0 Å². The maximum atomic E-state index is 12.7. The van der Waals surface area contributed by atoms with Gasteiger partial charge in [-0.1, -0.05) is 30.3 Å². The molecule has 0 unspecified atom stereocenters. The fourth-order valence-corrected chi connectivity index (χ4v) is 3.55. The van der Waals surface area contributed by atoms with E-state index >= 15 is 0 Å². The van der Waals surface area contributed by atoms with E-state index in [4.69, 9.17) is 18.9 Å². The molecule has 2 bridgehead atoms. The summed E-state index contributed by atoms with van der Waals surface area (Å²) in [4.78, 5) is 12.7. The van der Waals surface area contributed by atoms with Crippen molar-refractivity contribution >= 4 is 5.97 Å². The highest BCUT2D eigenvalue weighted by atomic mass is 16.9. The number of carbonyl (C=O) groups is 1. The van der Waals surface area contributed by atoms with Crippen molar-refractivity contribution in [3.8, 4) is 0 Å².